The third-order valence-electron chi connectivity index (χ3n) is 5.48. The average Bonchev–Trinajstić information content (AvgIpc) is 3.26. The molecule has 0 radical (unpaired) electrons. The summed E-state index contributed by atoms with van der Waals surface area (Å²) in [5.41, 5.74) is 1.07. The minimum Gasteiger partial charge on any atom is -0.431 e. The Morgan fingerprint density at radius 1 is 1.09 bits per heavy atom. The first kappa shape index (κ1) is 26.3. The standard InChI is InChI=1S/C25H35N5O5/c1-16(2)13-19-22(35-24(28-19)18-7-5-6-8-26-18)21(31)15-27-23(32)20(14-17(3)4)29-25(33)30-9-11-34-12-10-30/h5-8,16-17,20H,9-15H2,1-4H3,(H,27,32)(H,29,33). The molecule has 2 aromatic heterocycles. The van der Waals surface area contributed by atoms with Crippen molar-refractivity contribution in [2.75, 3.05) is 32.8 Å². The second-order valence-corrected chi connectivity index (χ2v) is 9.48. The van der Waals surface area contributed by atoms with Gasteiger partial charge in [-0.1, -0.05) is 33.8 Å². The van der Waals surface area contributed by atoms with Gasteiger partial charge in [-0.05, 0) is 36.8 Å². The fourth-order valence-corrected chi connectivity index (χ4v) is 3.77. The number of aromatic nitrogens is 2. The van der Waals surface area contributed by atoms with Crippen LogP contribution >= 0.6 is 0 Å². The summed E-state index contributed by atoms with van der Waals surface area (Å²) >= 11 is 0. The predicted molar refractivity (Wildman–Crippen MR) is 130 cm³/mol. The summed E-state index contributed by atoms with van der Waals surface area (Å²) in [6.07, 6.45) is 2.63. The fourth-order valence-electron chi connectivity index (χ4n) is 3.77. The topological polar surface area (TPSA) is 127 Å². The number of pyridine rings is 1. The van der Waals surface area contributed by atoms with E-state index in [4.69, 9.17) is 9.15 Å². The molecule has 1 aliphatic heterocycles. The van der Waals surface area contributed by atoms with Gasteiger partial charge in [0.05, 0.1) is 25.5 Å². The second-order valence-electron chi connectivity index (χ2n) is 9.48. The van der Waals surface area contributed by atoms with Crippen LogP contribution in [0.5, 0.6) is 0 Å². The van der Waals surface area contributed by atoms with Crippen molar-refractivity contribution >= 4 is 17.7 Å². The molecule has 2 N–H and O–H groups in total. The van der Waals surface area contributed by atoms with Crippen molar-refractivity contribution in [2.45, 2.75) is 46.6 Å². The molecule has 1 unspecified atom stereocenters. The molecule has 0 bridgehead atoms. The number of rotatable bonds is 10. The van der Waals surface area contributed by atoms with Crippen LogP contribution in [0.4, 0.5) is 4.79 Å². The lowest BCUT2D eigenvalue weighted by Gasteiger charge is -2.29. The molecule has 3 rings (SSSR count). The number of nitrogens with zero attached hydrogens (tertiary/aromatic N) is 3. The molecule has 1 fully saturated rings. The van der Waals surface area contributed by atoms with Crippen molar-refractivity contribution in [3.63, 3.8) is 0 Å². The first-order chi connectivity index (χ1) is 16.7. The third kappa shape index (κ3) is 7.61. The van der Waals surface area contributed by atoms with E-state index in [0.717, 1.165) is 0 Å². The van der Waals surface area contributed by atoms with Gasteiger partial charge < -0.3 is 24.7 Å². The van der Waals surface area contributed by atoms with Crippen LogP contribution in [0.2, 0.25) is 0 Å². The highest BCUT2D eigenvalue weighted by Gasteiger charge is 2.27. The van der Waals surface area contributed by atoms with Gasteiger partial charge >= 0.3 is 6.03 Å². The van der Waals surface area contributed by atoms with Crippen LogP contribution in [0.15, 0.2) is 28.8 Å². The Kier molecular flexibility index (Phi) is 9.36. The van der Waals surface area contributed by atoms with Crippen molar-refractivity contribution < 1.29 is 23.5 Å². The van der Waals surface area contributed by atoms with Crippen molar-refractivity contribution in [1.29, 1.82) is 0 Å². The zero-order chi connectivity index (χ0) is 25.4. The van der Waals surface area contributed by atoms with Gasteiger partial charge in [0.25, 0.3) is 0 Å². The number of carbonyl (C=O) groups excluding carboxylic acids is 3. The molecule has 2 aromatic rings. The Labute approximate surface area is 205 Å². The van der Waals surface area contributed by atoms with E-state index in [0.29, 0.717) is 50.5 Å². The minimum atomic E-state index is -0.757. The van der Waals surface area contributed by atoms with Crippen molar-refractivity contribution in [3.8, 4) is 11.6 Å². The summed E-state index contributed by atoms with van der Waals surface area (Å²) in [4.78, 5) is 49.0. The Morgan fingerprint density at radius 2 is 1.83 bits per heavy atom. The molecule has 1 saturated heterocycles. The number of hydrogen-bond acceptors (Lipinski definition) is 7. The van der Waals surface area contributed by atoms with Crippen molar-refractivity contribution in [3.05, 3.63) is 35.9 Å². The molecule has 35 heavy (non-hydrogen) atoms. The fraction of sp³-hybridized carbons (Fsp3) is 0.560. The van der Waals surface area contributed by atoms with Gasteiger partial charge in [-0.2, -0.15) is 0 Å². The molecule has 0 aliphatic carbocycles. The Hall–Kier alpha value is -3.27. The van der Waals surface area contributed by atoms with Gasteiger partial charge in [-0.15, -0.1) is 0 Å². The number of carbonyl (C=O) groups is 3. The SMILES string of the molecule is CC(C)Cc1nc(-c2ccccn2)oc1C(=O)CNC(=O)C(CC(C)C)NC(=O)N1CCOCC1. The van der Waals surface area contributed by atoms with Gasteiger partial charge in [0.1, 0.15) is 11.7 Å². The molecule has 1 atom stereocenters. The molecular weight excluding hydrogens is 450 g/mol. The Bertz CT molecular complexity index is 999. The molecule has 10 nitrogen and oxygen atoms in total. The highest BCUT2D eigenvalue weighted by atomic mass is 16.5. The third-order valence-corrected chi connectivity index (χ3v) is 5.48. The summed E-state index contributed by atoms with van der Waals surface area (Å²) in [7, 11) is 0. The number of urea groups is 1. The largest absolute Gasteiger partial charge is 0.431 e. The van der Waals surface area contributed by atoms with Gasteiger partial charge in [-0.3, -0.25) is 14.6 Å². The van der Waals surface area contributed by atoms with E-state index in [1.807, 2.05) is 33.8 Å². The minimum absolute atomic E-state index is 0.123. The molecule has 10 heteroatoms. The smallest absolute Gasteiger partial charge is 0.318 e. The summed E-state index contributed by atoms with van der Waals surface area (Å²) in [6.45, 7) is 9.63. The number of oxazole rings is 1. The summed E-state index contributed by atoms with van der Waals surface area (Å²) in [5, 5.41) is 5.48. The van der Waals surface area contributed by atoms with Crippen LogP contribution < -0.4 is 10.6 Å². The van der Waals surface area contributed by atoms with E-state index >= 15 is 0 Å². The van der Waals surface area contributed by atoms with Gasteiger partial charge in [0, 0.05) is 19.3 Å². The zero-order valence-corrected chi connectivity index (χ0v) is 20.9. The summed E-state index contributed by atoms with van der Waals surface area (Å²) in [5.74, 6) is 0.0155. The van der Waals surface area contributed by atoms with E-state index in [1.54, 1.807) is 23.2 Å². The quantitative estimate of drug-likeness (QED) is 0.495. The first-order valence-electron chi connectivity index (χ1n) is 12.1. The maximum absolute atomic E-state index is 13.0. The molecule has 3 heterocycles. The van der Waals surface area contributed by atoms with Crippen LogP contribution in [-0.2, 0) is 16.0 Å². The van der Waals surface area contributed by atoms with Crippen LogP contribution in [0.1, 0.15) is 50.4 Å². The van der Waals surface area contributed by atoms with E-state index in [2.05, 4.69) is 20.6 Å². The van der Waals surface area contributed by atoms with E-state index < -0.39 is 11.9 Å². The lowest BCUT2D eigenvalue weighted by Crippen LogP contribution is -2.54. The molecule has 0 aromatic carbocycles. The molecule has 190 valence electrons. The molecular formula is C25H35N5O5. The summed E-state index contributed by atoms with van der Waals surface area (Å²) < 4.78 is 11.1. The highest BCUT2D eigenvalue weighted by Crippen LogP contribution is 2.22. The normalized spacial score (nSPS) is 14.7. The summed E-state index contributed by atoms with van der Waals surface area (Å²) in [6, 6.07) is 4.29. The molecule has 0 spiro atoms. The second kappa shape index (κ2) is 12.4. The number of morpholine rings is 1. The lowest BCUT2D eigenvalue weighted by molar-refractivity contribution is -0.123. The van der Waals surface area contributed by atoms with Crippen LogP contribution in [-0.4, -0.2) is 71.5 Å². The molecule has 1 aliphatic rings. The predicted octanol–water partition coefficient (Wildman–Crippen LogP) is 2.69. The number of ketones is 1. The lowest BCUT2D eigenvalue weighted by atomic mass is 10.0. The number of ether oxygens (including phenoxy) is 1. The van der Waals surface area contributed by atoms with E-state index in [-0.39, 0.29) is 41.8 Å². The van der Waals surface area contributed by atoms with Crippen LogP contribution in [0.25, 0.3) is 11.6 Å². The van der Waals surface area contributed by atoms with Crippen LogP contribution in [0, 0.1) is 11.8 Å². The van der Waals surface area contributed by atoms with Gasteiger partial charge in [0.2, 0.25) is 17.6 Å². The van der Waals surface area contributed by atoms with E-state index in [1.165, 1.54) is 0 Å². The van der Waals surface area contributed by atoms with Crippen LogP contribution in [0.3, 0.4) is 0 Å². The Balaban J connectivity index is 1.68. The van der Waals surface area contributed by atoms with Gasteiger partial charge in [0.15, 0.2) is 5.76 Å². The zero-order valence-electron chi connectivity index (χ0n) is 20.9. The maximum atomic E-state index is 13.0. The van der Waals surface area contributed by atoms with E-state index in [9.17, 15) is 14.4 Å². The van der Waals surface area contributed by atoms with Crippen molar-refractivity contribution in [2.24, 2.45) is 11.8 Å². The number of amides is 3. The highest BCUT2D eigenvalue weighted by molar-refractivity contribution is 5.99. The number of hydrogen-bond donors (Lipinski definition) is 2. The first-order valence-corrected chi connectivity index (χ1v) is 12.1. The monoisotopic (exact) mass is 485 g/mol. The number of nitrogens with one attached hydrogen (secondary N) is 2. The number of Topliss-reactive ketones (excluding diaryl/α,β-unsaturated/α-hetero) is 1. The molecule has 0 saturated carbocycles. The maximum Gasteiger partial charge on any atom is 0.318 e. The Morgan fingerprint density at radius 3 is 2.46 bits per heavy atom. The average molecular weight is 486 g/mol. The van der Waals surface area contributed by atoms with Crippen molar-refractivity contribution in [1.82, 2.24) is 25.5 Å². The van der Waals surface area contributed by atoms with Gasteiger partial charge in [-0.25, -0.2) is 9.78 Å². The molecule has 3 amide bonds.